The summed E-state index contributed by atoms with van der Waals surface area (Å²) in [6, 6.07) is 3.90. The maximum Gasteiger partial charge on any atom is 0.203 e. The van der Waals surface area contributed by atoms with Crippen molar-refractivity contribution in [1.29, 1.82) is 0 Å². The van der Waals surface area contributed by atoms with Crippen molar-refractivity contribution in [2.24, 2.45) is 5.73 Å². The first kappa shape index (κ1) is 15.9. The van der Waals surface area contributed by atoms with Crippen LogP contribution in [-0.2, 0) is 6.42 Å². The van der Waals surface area contributed by atoms with Gasteiger partial charge >= 0.3 is 0 Å². The average molecular weight is 330 g/mol. The summed E-state index contributed by atoms with van der Waals surface area (Å²) in [6.45, 7) is 6.03. The highest BCUT2D eigenvalue weighted by Gasteiger charge is 2.15. The van der Waals surface area contributed by atoms with Gasteiger partial charge in [0.1, 0.15) is 6.61 Å². The third-order valence-corrected chi connectivity index (χ3v) is 2.68. The number of nitrogens with two attached hydrogens (primary N) is 1. The maximum atomic E-state index is 5.81. The van der Waals surface area contributed by atoms with Crippen LogP contribution in [0, 0.1) is 0 Å². The molecule has 0 spiro atoms. The highest BCUT2D eigenvalue weighted by Crippen LogP contribution is 2.39. The van der Waals surface area contributed by atoms with Crippen LogP contribution >= 0.6 is 15.9 Å². The van der Waals surface area contributed by atoms with E-state index in [0.717, 1.165) is 16.5 Å². The van der Waals surface area contributed by atoms with Crippen molar-refractivity contribution in [3.63, 3.8) is 0 Å². The molecule has 1 aromatic carbocycles. The molecule has 1 aromatic rings. The number of halogens is 1. The Labute approximate surface area is 122 Å². The minimum absolute atomic E-state index is 0.0727. The van der Waals surface area contributed by atoms with Gasteiger partial charge in [-0.15, -0.1) is 0 Å². The number of hydrogen-bond donors (Lipinski definition) is 1. The normalized spacial score (nSPS) is 11.8. The standard InChI is InChI=1S/C14H20BrNO3/c1-9(15)8-19-14-12(17-3)6-11(5-10(2)16)7-13(14)18-4/h6-7,10H,1,5,8,16H2,2-4H3. The predicted molar refractivity (Wildman–Crippen MR) is 80.5 cm³/mol. The number of hydrogen-bond acceptors (Lipinski definition) is 4. The Bertz CT molecular complexity index is 421. The molecule has 106 valence electrons. The van der Waals surface area contributed by atoms with Gasteiger partial charge in [-0.2, -0.15) is 0 Å². The highest BCUT2D eigenvalue weighted by molar-refractivity contribution is 9.11. The maximum absolute atomic E-state index is 5.81. The summed E-state index contributed by atoms with van der Waals surface area (Å²) in [5.41, 5.74) is 6.86. The molecule has 0 fully saturated rings. The molecule has 19 heavy (non-hydrogen) atoms. The van der Waals surface area contributed by atoms with Gasteiger partial charge in [0.25, 0.3) is 0 Å². The Morgan fingerprint density at radius 2 is 1.84 bits per heavy atom. The third-order valence-electron chi connectivity index (χ3n) is 2.45. The molecule has 0 aliphatic rings. The quantitative estimate of drug-likeness (QED) is 0.835. The first-order chi connectivity index (χ1) is 8.97. The fraction of sp³-hybridized carbons (Fsp3) is 0.429. The molecule has 0 amide bonds. The summed E-state index contributed by atoms with van der Waals surface area (Å²) in [5.74, 6) is 1.83. The first-order valence-corrected chi connectivity index (χ1v) is 6.73. The Balaban J connectivity index is 3.09. The van der Waals surface area contributed by atoms with Crippen molar-refractivity contribution >= 4 is 15.9 Å². The van der Waals surface area contributed by atoms with Gasteiger partial charge in [0, 0.05) is 10.5 Å². The lowest BCUT2D eigenvalue weighted by atomic mass is 10.1. The van der Waals surface area contributed by atoms with Gasteiger partial charge in [-0.3, -0.25) is 0 Å². The van der Waals surface area contributed by atoms with Gasteiger partial charge in [0.2, 0.25) is 5.75 Å². The number of methoxy groups -OCH3 is 2. The summed E-state index contributed by atoms with van der Waals surface area (Å²) in [4.78, 5) is 0. The van der Waals surface area contributed by atoms with Gasteiger partial charge < -0.3 is 19.9 Å². The Hall–Kier alpha value is -1.20. The molecule has 1 unspecified atom stereocenters. The molecule has 0 aliphatic heterocycles. The van der Waals surface area contributed by atoms with Crippen LogP contribution in [0.4, 0.5) is 0 Å². The summed E-state index contributed by atoms with van der Waals surface area (Å²) < 4.78 is 17.1. The van der Waals surface area contributed by atoms with Crippen LogP contribution in [0.5, 0.6) is 17.2 Å². The monoisotopic (exact) mass is 329 g/mol. The van der Waals surface area contributed by atoms with Gasteiger partial charge in [-0.05, 0) is 31.0 Å². The Kier molecular flexibility index (Phi) is 6.18. The van der Waals surface area contributed by atoms with Crippen molar-refractivity contribution in [1.82, 2.24) is 0 Å². The molecular formula is C14H20BrNO3. The SMILES string of the molecule is C=C(Br)COc1c(OC)cc(CC(C)N)cc1OC. The van der Waals surface area contributed by atoms with Gasteiger partial charge in [0.15, 0.2) is 11.5 Å². The minimum atomic E-state index is 0.0727. The van der Waals surface area contributed by atoms with Gasteiger partial charge in [-0.1, -0.05) is 22.5 Å². The zero-order valence-corrected chi connectivity index (χ0v) is 13.1. The molecule has 0 saturated carbocycles. The van der Waals surface area contributed by atoms with E-state index in [2.05, 4.69) is 22.5 Å². The zero-order chi connectivity index (χ0) is 14.4. The van der Waals surface area contributed by atoms with E-state index < -0.39 is 0 Å². The van der Waals surface area contributed by atoms with Crippen LogP contribution in [0.15, 0.2) is 23.2 Å². The summed E-state index contributed by atoms with van der Waals surface area (Å²) in [6.07, 6.45) is 0.748. The third kappa shape index (κ3) is 4.76. The van der Waals surface area contributed by atoms with Gasteiger partial charge in [-0.25, -0.2) is 0 Å². The van der Waals surface area contributed by atoms with E-state index in [1.165, 1.54) is 0 Å². The molecule has 0 aromatic heterocycles. The second kappa shape index (κ2) is 7.40. The van der Waals surface area contributed by atoms with E-state index in [4.69, 9.17) is 19.9 Å². The second-order valence-electron chi connectivity index (χ2n) is 4.32. The van der Waals surface area contributed by atoms with Crippen LogP contribution < -0.4 is 19.9 Å². The van der Waals surface area contributed by atoms with Crippen LogP contribution in [-0.4, -0.2) is 26.9 Å². The van der Waals surface area contributed by atoms with Crippen molar-refractivity contribution in [3.05, 3.63) is 28.8 Å². The highest BCUT2D eigenvalue weighted by atomic mass is 79.9. The van der Waals surface area contributed by atoms with Crippen molar-refractivity contribution in [2.45, 2.75) is 19.4 Å². The fourth-order valence-electron chi connectivity index (χ4n) is 1.72. The lowest BCUT2D eigenvalue weighted by Crippen LogP contribution is -2.17. The van der Waals surface area contributed by atoms with Crippen molar-refractivity contribution < 1.29 is 14.2 Å². The molecule has 0 saturated heterocycles. The largest absolute Gasteiger partial charge is 0.493 e. The lowest BCUT2D eigenvalue weighted by Gasteiger charge is -2.16. The molecule has 5 heteroatoms. The van der Waals surface area contributed by atoms with Crippen LogP contribution in [0.2, 0.25) is 0 Å². The van der Waals surface area contributed by atoms with Crippen LogP contribution in [0.3, 0.4) is 0 Å². The average Bonchev–Trinajstić information content (AvgIpc) is 2.35. The van der Waals surface area contributed by atoms with Crippen molar-refractivity contribution in [3.8, 4) is 17.2 Å². The molecule has 2 N–H and O–H groups in total. The van der Waals surface area contributed by atoms with E-state index in [1.807, 2.05) is 19.1 Å². The van der Waals surface area contributed by atoms with E-state index in [0.29, 0.717) is 23.9 Å². The zero-order valence-electron chi connectivity index (χ0n) is 11.5. The molecular weight excluding hydrogens is 310 g/mol. The Morgan fingerprint density at radius 3 is 2.21 bits per heavy atom. The summed E-state index contributed by atoms with van der Waals surface area (Å²) in [7, 11) is 3.19. The number of rotatable bonds is 7. The molecule has 0 radical (unpaired) electrons. The topological polar surface area (TPSA) is 53.7 Å². The van der Waals surface area contributed by atoms with E-state index in [9.17, 15) is 0 Å². The van der Waals surface area contributed by atoms with E-state index >= 15 is 0 Å². The van der Waals surface area contributed by atoms with Crippen LogP contribution in [0.25, 0.3) is 0 Å². The molecule has 1 atom stereocenters. The number of benzene rings is 1. The smallest absolute Gasteiger partial charge is 0.203 e. The van der Waals surface area contributed by atoms with Crippen LogP contribution in [0.1, 0.15) is 12.5 Å². The molecule has 0 bridgehead atoms. The minimum Gasteiger partial charge on any atom is -0.493 e. The van der Waals surface area contributed by atoms with E-state index in [1.54, 1.807) is 14.2 Å². The van der Waals surface area contributed by atoms with E-state index in [-0.39, 0.29) is 6.04 Å². The molecule has 0 heterocycles. The second-order valence-corrected chi connectivity index (χ2v) is 5.44. The fourth-order valence-corrected chi connectivity index (χ4v) is 1.83. The van der Waals surface area contributed by atoms with Gasteiger partial charge in [0.05, 0.1) is 14.2 Å². The first-order valence-electron chi connectivity index (χ1n) is 5.94. The molecule has 4 nitrogen and oxygen atoms in total. The predicted octanol–water partition coefficient (Wildman–Crippen LogP) is 2.88. The Morgan fingerprint density at radius 1 is 1.32 bits per heavy atom. The summed E-state index contributed by atoms with van der Waals surface area (Å²) in [5, 5.41) is 0. The van der Waals surface area contributed by atoms with Crippen molar-refractivity contribution in [2.75, 3.05) is 20.8 Å². The lowest BCUT2D eigenvalue weighted by molar-refractivity contribution is 0.299. The number of ether oxygens (including phenoxy) is 3. The summed E-state index contributed by atoms with van der Waals surface area (Å²) >= 11 is 3.25. The molecule has 1 rings (SSSR count). The molecule has 0 aliphatic carbocycles.